The van der Waals surface area contributed by atoms with E-state index >= 15 is 0 Å². The average Bonchev–Trinajstić information content (AvgIpc) is 2.38. The first-order valence-electron chi connectivity index (χ1n) is 5.09. The molecule has 0 aliphatic rings. The van der Waals surface area contributed by atoms with Gasteiger partial charge in [0.2, 0.25) is 0 Å². The second kappa shape index (κ2) is 4.78. The van der Waals surface area contributed by atoms with Gasteiger partial charge in [0.15, 0.2) is 11.6 Å². The fourth-order valence-electron chi connectivity index (χ4n) is 1.56. The van der Waals surface area contributed by atoms with Crippen molar-refractivity contribution >= 4 is 5.82 Å². The Morgan fingerprint density at radius 3 is 2.47 bits per heavy atom. The minimum absolute atomic E-state index is 0.282. The van der Waals surface area contributed by atoms with E-state index in [2.05, 4.69) is 15.3 Å². The van der Waals surface area contributed by atoms with Crippen LogP contribution in [0.1, 0.15) is 0 Å². The Labute approximate surface area is 98.5 Å². The molecule has 0 unspecified atom stereocenters. The van der Waals surface area contributed by atoms with Crippen molar-refractivity contribution in [1.82, 2.24) is 9.97 Å². The Kier molecular flexibility index (Phi) is 3.18. The fraction of sp³-hybridized carbons (Fsp3) is 0.167. The summed E-state index contributed by atoms with van der Waals surface area (Å²) in [5.41, 5.74) is 1.41. The lowest BCUT2D eigenvalue weighted by molar-refractivity contribution is 0.415. The van der Waals surface area contributed by atoms with E-state index in [0.29, 0.717) is 17.3 Å². The van der Waals surface area contributed by atoms with Crippen LogP contribution in [0.5, 0.6) is 5.75 Å². The molecule has 0 amide bonds. The lowest BCUT2D eigenvalue weighted by atomic mass is 10.1. The molecule has 2 aromatic rings. The number of halogens is 1. The third-order valence-corrected chi connectivity index (χ3v) is 2.36. The topological polar surface area (TPSA) is 47.0 Å². The third kappa shape index (κ3) is 2.18. The van der Waals surface area contributed by atoms with E-state index in [4.69, 9.17) is 4.74 Å². The van der Waals surface area contributed by atoms with Crippen LogP contribution in [0.3, 0.4) is 0 Å². The Morgan fingerprint density at radius 2 is 1.88 bits per heavy atom. The van der Waals surface area contributed by atoms with Crippen molar-refractivity contribution in [1.29, 1.82) is 0 Å². The molecule has 4 nitrogen and oxygen atoms in total. The van der Waals surface area contributed by atoms with Gasteiger partial charge in [-0.15, -0.1) is 0 Å². The summed E-state index contributed by atoms with van der Waals surface area (Å²) >= 11 is 0. The maximum absolute atomic E-state index is 12.9. The van der Waals surface area contributed by atoms with Crippen molar-refractivity contribution in [3.63, 3.8) is 0 Å². The largest absolute Gasteiger partial charge is 0.491 e. The van der Waals surface area contributed by atoms with Gasteiger partial charge in [-0.05, 0) is 24.3 Å². The fourth-order valence-corrected chi connectivity index (χ4v) is 1.56. The number of nitrogens with one attached hydrogen (secondary N) is 1. The van der Waals surface area contributed by atoms with Crippen LogP contribution >= 0.6 is 0 Å². The van der Waals surface area contributed by atoms with Gasteiger partial charge in [0.05, 0.1) is 7.11 Å². The number of hydrogen-bond donors (Lipinski definition) is 1. The molecule has 1 N–H and O–H groups in total. The van der Waals surface area contributed by atoms with E-state index in [9.17, 15) is 4.39 Å². The lowest BCUT2D eigenvalue weighted by Crippen LogP contribution is -2.00. The summed E-state index contributed by atoms with van der Waals surface area (Å²) < 4.78 is 18.1. The summed E-state index contributed by atoms with van der Waals surface area (Å²) in [6, 6.07) is 6.07. The van der Waals surface area contributed by atoms with Crippen molar-refractivity contribution in [2.45, 2.75) is 0 Å². The molecule has 1 heterocycles. The zero-order valence-corrected chi connectivity index (χ0v) is 9.57. The minimum Gasteiger partial charge on any atom is -0.491 e. The molecule has 88 valence electrons. The van der Waals surface area contributed by atoms with Gasteiger partial charge < -0.3 is 10.1 Å². The van der Waals surface area contributed by atoms with Crippen molar-refractivity contribution in [3.05, 3.63) is 36.4 Å². The first-order chi connectivity index (χ1) is 8.26. The van der Waals surface area contributed by atoms with E-state index < -0.39 is 0 Å². The molecular formula is C12H12FN3O. The van der Waals surface area contributed by atoms with Gasteiger partial charge in [-0.25, -0.2) is 14.4 Å². The minimum atomic E-state index is -0.282. The lowest BCUT2D eigenvalue weighted by Gasteiger charge is -2.10. The van der Waals surface area contributed by atoms with Gasteiger partial charge in [-0.2, -0.15) is 0 Å². The molecule has 0 saturated heterocycles. The monoisotopic (exact) mass is 233 g/mol. The second-order valence-corrected chi connectivity index (χ2v) is 3.36. The molecular weight excluding hydrogens is 221 g/mol. The maximum Gasteiger partial charge on any atom is 0.187 e. The molecule has 1 aromatic carbocycles. The Morgan fingerprint density at radius 1 is 1.18 bits per heavy atom. The summed E-state index contributed by atoms with van der Waals surface area (Å²) in [6.07, 6.45) is 1.44. The normalized spacial score (nSPS) is 10.1. The van der Waals surface area contributed by atoms with E-state index in [-0.39, 0.29) is 5.82 Å². The quantitative estimate of drug-likeness (QED) is 0.883. The van der Waals surface area contributed by atoms with Crippen molar-refractivity contribution < 1.29 is 9.13 Å². The molecule has 2 rings (SSSR count). The first kappa shape index (κ1) is 11.3. The summed E-state index contributed by atoms with van der Waals surface area (Å²) in [5, 5.41) is 2.92. The third-order valence-electron chi connectivity index (χ3n) is 2.36. The number of methoxy groups -OCH3 is 1. The van der Waals surface area contributed by atoms with E-state index in [1.807, 2.05) is 0 Å². The van der Waals surface area contributed by atoms with Gasteiger partial charge in [0.1, 0.15) is 17.8 Å². The number of benzene rings is 1. The van der Waals surface area contributed by atoms with Crippen LogP contribution in [0.25, 0.3) is 11.3 Å². The molecule has 17 heavy (non-hydrogen) atoms. The number of nitrogens with zero attached hydrogens (tertiary/aromatic N) is 2. The average molecular weight is 233 g/mol. The van der Waals surface area contributed by atoms with Gasteiger partial charge in [0.25, 0.3) is 0 Å². The molecule has 0 saturated carbocycles. The highest BCUT2D eigenvalue weighted by molar-refractivity contribution is 5.72. The van der Waals surface area contributed by atoms with Gasteiger partial charge >= 0.3 is 0 Å². The number of aromatic nitrogens is 2. The molecule has 0 spiro atoms. The number of hydrogen-bond acceptors (Lipinski definition) is 4. The Hall–Kier alpha value is -2.17. The highest BCUT2D eigenvalue weighted by Gasteiger charge is 2.12. The maximum atomic E-state index is 12.9. The van der Waals surface area contributed by atoms with Gasteiger partial charge in [0, 0.05) is 12.6 Å². The zero-order chi connectivity index (χ0) is 12.3. The smallest absolute Gasteiger partial charge is 0.187 e. The van der Waals surface area contributed by atoms with Crippen LogP contribution in [0.2, 0.25) is 0 Å². The summed E-state index contributed by atoms with van der Waals surface area (Å²) in [5.74, 6) is 0.860. The van der Waals surface area contributed by atoms with Crippen LogP contribution in [-0.2, 0) is 0 Å². The molecule has 0 aliphatic heterocycles. The number of anilines is 1. The second-order valence-electron chi connectivity index (χ2n) is 3.36. The zero-order valence-electron chi connectivity index (χ0n) is 9.57. The van der Waals surface area contributed by atoms with Crippen LogP contribution in [0, 0.1) is 5.82 Å². The molecule has 0 atom stereocenters. The highest BCUT2D eigenvalue weighted by atomic mass is 19.1. The highest BCUT2D eigenvalue weighted by Crippen LogP contribution is 2.32. The molecule has 5 heteroatoms. The van der Waals surface area contributed by atoms with Gasteiger partial charge in [-0.1, -0.05) is 0 Å². The van der Waals surface area contributed by atoms with Crippen LogP contribution < -0.4 is 10.1 Å². The van der Waals surface area contributed by atoms with E-state index in [0.717, 1.165) is 5.56 Å². The predicted molar refractivity (Wildman–Crippen MR) is 63.5 cm³/mol. The standard InChI is InChI=1S/C12H12FN3O/c1-14-12-11(17-2)10(15-7-16-12)8-3-5-9(13)6-4-8/h3-7H,1-2H3,(H,14,15,16). The molecule has 0 bridgehead atoms. The molecule has 0 aliphatic carbocycles. The summed E-state index contributed by atoms with van der Waals surface area (Å²) in [7, 11) is 3.30. The first-order valence-corrected chi connectivity index (χ1v) is 5.09. The molecule has 0 radical (unpaired) electrons. The van der Waals surface area contributed by atoms with E-state index in [1.54, 1.807) is 26.3 Å². The van der Waals surface area contributed by atoms with Crippen molar-refractivity contribution in [3.8, 4) is 17.0 Å². The van der Waals surface area contributed by atoms with E-state index in [1.165, 1.54) is 18.5 Å². The Bertz CT molecular complexity index is 514. The summed E-state index contributed by atoms with van der Waals surface area (Å²) in [4.78, 5) is 8.21. The van der Waals surface area contributed by atoms with Crippen molar-refractivity contribution in [2.24, 2.45) is 0 Å². The predicted octanol–water partition coefficient (Wildman–Crippen LogP) is 2.33. The van der Waals surface area contributed by atoms with Gasteiger partial charge in [-0.3, -0.25) is 0 Å². The number of ether oxygens (including phenoxy) is 1. The SMILES string of the molecule is CNc1ncnc(-c2ccc(F)cc2)c1OC. The summed E-state index contributed by atoms with van der Waals surface area (Å²) in [6.45, 7) is 0. The molecule has 0 fully saturated rings. The van der Waals surface area contributed by atoms with Crippen LogP contribution in [-0.4, -0.2) is 24.1 Å². The van der Waals surface area contributed by atoms with Crippen molar-refractivity contribution in [2.75, 3.05) is 19.5 Å². The Balaban J connectivity index is 2.54. The van der Waals surface area contributed by atoms with Crippen LogP contribution in [0.4, 0.5) is 10.2 Å². The number of rotatable bonds is 3. The molecule has 1 aromatic heterocycles. The van der Waals surface area contributed by atoms with Crippen LogP contribution in [0.15, 0.2) is 30.6 Å².